The number of imidazole rings is 1. The molecule has 0 unspecified atom stereocenters. The minimum atomic E-state index is -0.222. The first-order valence-corrected chi connectivity index (χ1v) is 9.95. The van der Waals surface area contributed by atoms with E-state index in [1.165, 1.54) is 5.56 Å². The van der Waals surface area contributed by atoms with Crippen LogP contribution in [0.2, 0.25) is 0 Å². The third-order valence-electron chi connectivity index (χ3n) is 4.94. The molecular formula is C24H24N4O2. The fraction of sp³-hybridized carbons (Fsp3) is 0.208. The summed E-state index contributed by atoms with van der Waals surface area (Å²) in [5, 5.41) is 2.91. The third-order valence-corrected chi connectivity index (χ3v) is 4.94. The van der Waals surface area contributed by atoms with Crippen LogP contribution in [0.5, 0.6) is 5.75 Å². The largest absolute Gasteiger partial charge is 0.491 e. The number of carbonyl (C=O) groups is 1. The lowest BCUT2D eigenvalue weighted by Crippen LogP contribution is -2.26. The van der Waals surface area contributed by atoms with Crippen LogP contribution in [0.15, 0.2) is 66.9 Å². The van der Waals surface area contributed by atoms with Crippen LogP contribution < -0.4 is 10.1 Å². The number of aryl methyl sites for hydroxylation is 2. The molecule has 0 atom stereocenters. The third kappa shape index (κ3) is 4.33. The van der Waals surface area contributed by atoms with Gasteiger partial charge in [-0.05, 0) is 49.7 Å². The minimum absolute atomic E-state index is 0.222. The SMILES string of the molecule is Cc1ccc(OCCn2c(CNC(=O)c3ccccn3)nc3ccccc32)c(C)c1. The van der Waals surface area contributed by atoms with Gasteiger partial charge in [-0.15, -0.1) is 0 Å². The van der Waals surface area contributed by atoms with Crippen LogP contribution in [0.25, 0.3) is 11.0 Å². The van der Waals surface area contributed by atoms with Gasteiger partial charge >= 0.3 is 0 Å². The van der Waals surface area contributed by atoms with Crippen molar-refractivity contribution in [2.75, 3.05) is 6.61 Å². The predicted molar refractivity (Wildman–Crippen MR) is 117 cm³/mol. The summed E-state index contributed by atoms with van der Waals surface area (Å²) in [5.41, 5.74) is 4.63. The normalized spacial score (nSPS) is 10.9. The zero-order valence-corrected chi connectivity index (χ0v) is 17.1. The molecule has 0 aliphatic heterocycles. The van der Waals surface area contributed by atoms with E-state index in [-0.39, 0.29) is 5.91 Å². The Labute approximate surface area is 175 Å². The van der Waals surface area contributed by atoms with E-state index in [1.54, 1.807) is 24.4 Å². The van der Waals surface area contributed by atoms with Gasteiger partial charge in [0.15, 0.2) is 0 Å². The second kappa shape index (κ2) is 8.78. The van der Waals surface area contributed by atoms with E-state index >= 15 is 0 Å². The van der Waals surface area contributed by atoms with Crippen LogP contribution in [0, 0.1) is 13.8 Å². The van der Waals surface area contributed by atoms with Crippen molar-refractivity contribution in [2.24, 2.45) is 0 Å². The molecule has 0 bridgehead atoms. The highest BCUT2D eigenvalue weighted by Crippen LogP contribution is 2.20. The highest BCUT2D eigenvalue weighted by Gasteiger charge is 2.13. The van der Waals surface area contributed by atoms with Crippen LogP contribution >= 0.6 is 0 Å². The number of benzene rings is 2. The highest BCUT2D eigenvalue weighted by molar-refractivity contribution is 5.92. The van der Waals surface area contributed by atoms with Gasteiger partial charge < -0.3 is 14.6 Å². The van der Waals surface area contributed by atoms with E-state index in [2.05, 4.69) is 27.9 Å². The Morgan fingerprint density at radius 1 is 1.07 bits per heavy atom. The van der Waals surface area contributed by atoms with Crippen molar-refractivity contribution in [3.63, 3.8) is 0 Å². The summed E-state index contributed by atoms with van der Waals surface area (Å²) in [6.07, 6.45) is 1.61. The van der Waals surface area contributed by atoms with Gasteiger partial charge in [-0.3, -0.25) is 9.78 Å². The van der Waals surface area contributed by atoms with Gasteiger partial charge in [-0.2, -0.15) is 0 Å². The number of nitrogens with one attached hydrogen (secondary N) is 1. The number of carbonyl (C=O) groups excluding carboxylic acids is 1. The van der Waals surface area contributed by atoms with Gasteiger partial charge in [0.25, 0.3) is 5.91 Å². The minimum Gasteiger partial charge on any atom is -0.491 e. The molecule has 30 heavy (non-hydrogen) atoms. The second-order valence-corrected chi connectivity index (χ2v) is 7.18. The Bertz CT molecular complexity index is 1170. The lowest BCUT2D eigenvalue weighted by atomic mass is 10.1. The van der Waals surface area contributed by atoms with Gasteiger partial charge in [0.2, 0.25) is 0 Å². The van der Waals surface area contributed by atoms with Crippen molar-refractivity contribution in [1.29, 1.82) is 0 Å². The number of para-hydroxylation sites is 2. The first-order valence-electron chi connectivity index (χ1n) is 9.95. The van der Waals surface area contributed by atoms with E-state index < -0.39 is 0 Å². The van der Waals surface area contributed by atoms with E-state index in [9.17, 15) is 4.79 Å². The van der Waals surface area contributed by atoms with Gasteiger partial charge in [0.05, 0.1) is 24.1 Å². The topological polar surface area (TPSA) is 69.0 Å². The summed E-state index contributed by atoms with van der Waals surface area (Å²) >= 11 is 0. The molecule has 1 amide bonds. The van der Waals surface area contributed by atoms with E-state index in [4.69, 9.17) is 9.72 Å². The Morgan fingerprint density at radius 3 is 2.70 bits per heavy atom. The Kier molecular flexibility index (Phi) is 5.75. The first kappa shape index (κ1) is 19.6. The first-order chi connectivity index (χ1) is 14.6. The van der Waals surface area contributed by atoms with Crippen molar-refractivity contribution in [2.45, 2.75) is 26.9 Å². The molecule has 0 spiro atoms. The number of rotatable bonds is 7. The van der Waals surface area contributed by atoms with Gasteiger partial charge in [0, 0.05) is 6.20 Å². The quantitative estimate of drug-likeness (QED) is 0.508. The molecule has 0 aliphatic rings. The van der Waals surface area contributed by atoms with Gasteiger partial charge in [0.1, 0.15) is 23.9 Å². The number of ether oxygens (including phenoxy) is 1. The Morgan fingerprint density at radius 2 is 1.90 bits per heavy atom. The molecule has 4 rings (SSSR count). The monoisotopic (exact) mass is 400 g/mol. The summed E-state index contributed by atoms with van der Waals surface area (Å²) in [7, 11) is 0. The second-order valence-electron chi connectivity index (χ2n) is 7.18. The van der Waals surface area contributed by atoms with Crippen molar-refractivity contribution >= 4 is 16.9 Å². The van der Waals surface area contributed by atoms with Crippen molar-refractivity contribution in [3.05, 3.63) is 89.5 Å². The predicted octanol–water partition coefficient (Wildman–Crippen LogP) is 4.06. The smallest absolute Gasteiger partial charge is 0.270 e. The highest BCUT2D eigenvalue weighted by atomic mass is 16.5. The number of hydrogen-bond acceptors (Lipinski definition) is 4. The number of amides is 1. The molecule has 6 heteroatoms. The molecule has 6 nitrogen and oxygen atoms in total. The molecule has 0 saturated heterocycles. The lowest BCUT2D eigenvalue weighted by Gasteiger charge is -2.13. The Hall–Kier alpha value is -3.67. The maximum Gasteiger partial charge on any atom is 0.270 e. The molecule has 4 aromatic rings. The molecule has 0 aliphatic carbocycles. The van der Waals surface area contributed by atoms with Gasteiger partial charge in [-0.1, -0.05) is 35.9 Å². The maximum absolute atomic E-state index is 12.4. The average molecular weight is 400 g/mol. The summed E-state index contributed by atoms with van der Waals surface area (Å²) in [6, 6.07) is 19.4. The van der Waals surface area contributed by atoms with Crippen molar-refractivity contribution < 1.29 is 9.53 Å². The van der Waals surface area contributed by atoms with Crippen LogP contribution in [-0.4, -0.2) is 27.0 Å². The maximum atomic E-state index is 12.4. The zero-order valence-electron chi connectivity index (χ0n) is 17.1. The molecular weight excluding hydrogens is 376 g/mol. The molecule has 0 radical (unpaired) electrons. The van der Waals surface area contributed by atoms with E-state index in [1.807, 2.05) is 43.3 Å². The number of pyridine rings is 1. The van der Waals surface area contributed by atoms with Crippen LogP contribution in [0.4, 0.5) is 0 Å². The fourth-order valence-corrected chi connectivity index (χ4v) is 3.46. The van der Waals surface area contributed by atoms with E-state index in [0.29, 0.717) is 25.4 Å². The standard InChI is InChI=1S/C24H24N4O2/c1-17-10-11-22(18(2)15-17)30-14-13-28-21-9-4-3-7-19(21)27-23(28)16-26-24(29)20-8-5-6-12-25-20/h3-12,15H,13-14,16H2,1-2H3,(H,26,29). The summed E-state index contributed by atoms with van der Waals surface area (Å²) in [5.74, 6) is 1.44. The number of nitrogens with zero attached hydrogens (tertiary/aromatic N) is 3. The molecule has 152 valence electrons. The summed E-state index contributed by atoms with van der Waals surface area (Å²) in [6.45, 7) is 5.56. The molecule has 2 aromatic carbocycles. The molecule has 2 heterocycles. The van der Waals surface area contributed by atoms with Gasteiger partial charge in [-0.25, -0.2) is 4.98 Å². The van der Waals surface area contributed by atoms with Crippen molar-refractivity contribution in [1.82, 2.24) is 19.9 Å². The molecule has 0 fully saturated rings. The summed E-state index contributed by atoms with van der Waals surface area (Å²) < 4.78 is 8.11. The number of aromatic nitrogens is 3. The van der Waals surface area contributed by atoms with Crippen LogP contribution in [-0.2, 0) is 13.1 Å². The van der Waals surface area contributed by atoms with E-state index in [0.717, 1.165) is 28.2 Å². The number of fused-ring (bicyclic) bond motifs is 1. The average Bonchev–Trinajstić information content (AvgIpc) is 3.12. The molecule has 0 saturated carbocycles. The molecule has 1 N–H and O–H groups in total. The van der Waals surface area contributed by atoms with Crippen molar-refractivity contribution in [3.8, 4) is 5.75 Å². The summed E-state index contributed by atoms with van der Waals surface area (Å²) in [4.78, 5) is 21.2. The fourth-order valence-electron chi connectivity index (χ4n) is 3.46. The number of hydrogen-bond donors (Lipinski definition) is 1. The van der Waals surface area contributed by atoms with Crippen LogP contribution in [0.1, 0.15) is 27.4 Å². The lowest BCUT2D eigenvalue weighted by molar-refractivity contribution is 0.0944. The van der Waals surface area contributed by atoms with Crippen LogP contribution in [0.3, 0.4) is 0 Å². The zero-order chi connectivity index (χ0) is 20.9. The Balaban J connectivity index is 1.49. The molecule has 2 aromatic heterocycles.